The van der Waals surface area contributed by atoms with Crippen molar-refractivity contribution in [2.75, 3.05) is 13.2 Å². The highest BCUT2D eigenvalue weighted by Gasteiger charge is 2.17. The van der Waals surface area contributed by atoms with Crippen LogP contribution in [0.15, 0.2) is 12.7 Å². The first kappa shape index (κ1) is 15.2. The Hall–Kier alpha value is -0.830. The van der Waals surface area contributed by atoms with Crippen molar-refractivity contribution in [1.82, 2.24) is 4.90 Å². The van der Waals surface area contributed by atoms with E-state index in [1.165, 1.54) is 6.08 Å². The van der Waals surface area contributed by atoms with E-state index in [1.54, 1.807) is 0 Å². The maximum Gasteiger partial charge on any atom is 0.330 e. The zero-order valence-corrected chi connectivity index (χ0v) is 11.0. The van der Waals surface area contributed by atoms with Gasteiger partial charge in [-0.15, -0.1) is 0 Å². The van der Waals surface area contributed by atoms with Crippen LogP contribution in [0, 0.1) is 0 Å². The molecule has 0 saturated heterocycles. The Morgan fingerprint density at radius 1 is 1.31 bits per heavy atom. The van der Waals surface area contributed by atoms with Gasteiger partial charge in [0.05, 0.1) is 0 Å². The quantitative estimate of drug-likeness (QED) is 0.471. The first-order chi connectivity index (χ1) is 7.56. The Kier molecular flexibility index (Phi) is 7.90. The maximum atomic E-state index is 10.9. The number of nitrogens with zero attached hydrogens (tertiary/aromatic N) is 1. The summed E-state index contributed by atoms with van der Waals surface area (Å²) in [5.41, 5.74) is 0. The maximum absolute atomic E-state index is 10.9. The van der Waals surface area contributed by atoms with Crippen molar-refractivity contribution in [3.8, 4) is 0 Å². The third-order valence-electron chi connectivity index (χ3n) is 3.07. The van der Waals surface area contributed by atoms with Gasteiger partial charge in [-0.25, -0.2) is 4.79 Å². The molecule has 2 atom stereocenters. The Labute approximate surface area is 99.5 Å². The molecule has 0 rings (SSSR count). The van der Waals surface area contributed by atoms with E-state index >= 15 is 0 Å². The van der Waals surface area contributed by atoms with Crippen LogP contribution in [0.3, 0.4) is 0 Å². The molecule has 0 aliphatic carbocycles. The number of ether oxygens (including phenoxy) is 1. The summed E-state index contributed by atoms with van der Waals surface area (Å²) in [5.74, 6) is -0.340. The van der Waals surface area contributed by atoms with Gasteiger partial charge in [0.1, 0.15) is 6.61 Å². The minimum Gasteiger partial charge on any atom is -0.461 e. The molecule has 0 aromatic heterocycles. The molecule has 0 aromatic carbocycles. The zero-order valence-electron chi connectivity index (χ0n) is 11.0. The van der Waals surface area contributed by atoms with Gasteiger partial charge in [0.2, 0.25) is 0 Å². The van der Waals surface area contributed by atoms with E-state index in [4.69, 9.17) is 4.74 Å². The molecule has 0 saturated carbocycles. The fourth-order valence-electron chi connectivity index (χ4n) is 1.65. The number of hydrogen-bond acceptors (Lipinski definition) is 3. The van der Waals surface area contributed by atoms with E-state index in [9.17, 15) is 4.79 Å². The van der Waals surface area contributed by atoms with Gasteiger partial charge >= 0.3 is 5.97 Å². The first-order valence-corrected chi connectivity index (χ1v) is 6.11. The van der Waals surface area contributed by atoms with Gasteiger partial charge in [-0.3, -0.25) is 4.90 Å². The van der Waals surface area contributed by atoms with Crippen LogP contribution >= 0.6 is 0 Å². The van der Waals surface area contributed by atoms with Crippen LogP contribution in [0.5, 0.6) is 0 Å². The standard InChI is InChI=1S/C13H25NO2/c1-6-11(4)14(12(5)7-2)9-10-16-13(15)8-3/h8,11-12H,3,6-7,9-10H2,1-2,4-5H3. The van der Waals surface area contributed by atoms with Crippen molar-refractivity contribution in [1.29, 1.82) is 0 Å². The van der Waals surface area contributed by atoms with Gasteiger partial charge in [-0.05, 0) is 26.7 Å². The van der Waals surface area contributed by atoms with Crippen LogP contribution in [-0.4, -0.2) is 36.1 Å². The van der Waals surface area contributed by atoms with E-state index in [2.05, 4.69) is 39.2 Å². The molecule has 3 heteroatoms. The lowest BCUT2D eigenvalue weighted by Crippen LogP contribution is -2.42. The lowest BCUT2D eigenvalue weighted by Gasteiger charge is -2.33. The summed E-state index contributed by atoms with van der Waals surface area (Å²) in [6.07, 6.45) is 3.43. The fraction of sp³-hybridized carbons (Fsp3) is 0.769. The van der Waals surface area contributed by atoms with E-state index in [0.717, 1.165) is 19.4 Å². The van der Waals surface area contributed by atoms with Crippen molar-refractivity contribution in [2.24, 2.45) is 0 Å². The first-order valence-electron chi connectivity index (χ1n) is 6.11. The zero-order chi connectivity index (χ0) is 12.6. The summed E-state index contributed by atoms with van der Waals surface area (Å²) in [6, 6.07) is 1.05. The summed E-state index contributed by atoms with van der Waals surface area (Å²) in [5, 5.41) is 0. The molecule has 0 N–H and O–H groups in total. The van der Waals surface area contributed by atoms with Gasteiger partial charge in [-0.1, -0.05) is 20.4 Å². The second kappa shape index (κ2) is 8.34. The van der Waals surface area contributed by atoms with Crippen molar-refractivity contribution in [3.63, 3.8) is 0 Å². The number of carbonyl (C=O) groups excluding carboxylic acids is 1. The molecular formula is C13H25NO2. The van der Waals surface area contributed by atoms with Gasteiger partial charge in [0.15, 0.2) is 0 Å². The molecule has 0 bridgehead atoms. The summed E-state index contributed by atoms with van der Waals surface area (Å²) in [4.78, 5) is 13.3. The summed E-state index contributed by atoms with van der Waals surface area (Å²) in [7, 11) is 0. The van der Waals surface area contributed by atoms with Gasteiger partial charge < -0.3 is 4.74 Å². The molecule has 2 unspecified atom stereocenters. The molecule has 94 valence electrons. The largest absolute Gasteiger partial charge is 0.461 e. The average molecular weight is 227 g/mol. The minimum atomic E-state index is -0.340. The van der Waals surface area contributed by atoms with Crippen molar-refractivity contribution in [2.45, 2.75) is 52.6 Å². The molecule has 0 spiro atoms. The van der Waals surface area contributed by atoms with Crippen molar-refractivity contribution in [3.05, 3.63) is 12.7 Å². The second-order valence-corrected chi connectivity index (χ2v) is 4.12. The van der Waals surface area contributed by atoms with E-state index in [1.807, 2.05) is 0 Å². The molecule has 0 radical (unpaired) electrons. The fourth-order valence-corrected chi connectivity index (χ4v) is 1.65. The summed E-state index contributed by atoms with van der Waals surface area (Å²) >= 11 is 0. The van der Waals surface area contributed by atoms with E-state index in [-0.39, 0.29) is 5.97 Å². The Morgan fingerprint density at radius 3 is 2.19 bits per heavy atom. The third kappa shape index (κ3) is 5.31. The molecule has 0 aliphatic heterocycles. The predicted molar refractivity (Wildman–Crippen MR) is 67.4 cm³/mol. The number of hydrogen-bond donors (Lipinski definition) is 0. The van der Waals surface area contributed by atoms with Crippen molar-refractivity contribution >= 4 is 5.97 Å². The van der Waals surface area contributed by atoms with Crippen LogP contribution in [0.1, 0.15) is 40.5 Å². The Bertz CT molecular complexity index is 206. The number of carbonyl (C=O) groups is 1. The smallest absolute Gasteiger partial charge is 0.330 e. The predicted octanol–water partition coefficient (Wildman–Crippen LogP) is 2.61. The molecule has 0 aliphatic rings. The molecule has 0 fully saturated rings. The van der Waals surface area contributed by atoms with Gasteiger partial charge in [-0.2, -0.15) is 0 Å². The lowest BCUT2D eigenvalue weighted by atomic mass is 10.1. The van der Waals surface area contributed by atoms with Crippen LogP contribution < -0.4 is 0 Å². The molecule has 0 heterocycles. The van der Waals surface area contributed by atoms with E-state index in [0.29, 0.717) is 18.7 Å². The van der Waals surface area contributed by atoms with Crippen LogP contribution in [-0.2, 0) is 9.53 Å². The Balaban J connectivity index is 4.11. The topological polar surface area (TPSA) is 29.5 Å². The number of rotatable bonds is 8. The van der Waals surface area contributed by atoms with Crippen LogP contribution in [0.2, 0.25) is 0 Å². The van der Waals surface area contributed by atoms with Gasteiger partial charge in [0, 0.05) is 24.7 Å². The monoisotopic (exact) mass is 227 g/mol. The normalized spacial score (nSPS) is 14.6. The van der Waals surface area contributed by atoms with Crippen LogP contribution in [0.4, 0.5) is 0 Å². The molecule has 16 heavy (non-hydrogen) atoms. The summed E-state index contributed by atoms with van der Waals surface area (Å²) < 4.78 is 5.01. The lowest BCUT2D eigenvalue weighted by molar-refractivity contribution is -0.138. The average Bonchev–Trinajstić information content (AvgIpc) is 2.32. The number of esters is 1. The highest BCUT2D eigenvalue weighted by Crippen LogP contribution is 2.10. The molecular weight excluding hydrogens is 202 g/mol. The van der Waals surface area contributed by atoms with Gasteiger partial charge in [0.25, 0.3) is 0 Å². The molecule has 3 nitrogen and oxygen atoms in total. The third-order valence-corrected chi connectivity index (χ3v) is 3.07. The highest BCUT2D eigenvalue weighted by molar-refractivity contribution is 5.81. The van der Waals surface area contributed by atoms with Crippen molar-refractivity contribution < 1.29 is 9.53 Å². The molecule has 0 amide bonds. The second-order valence-electron chi connectivity index (χ2n) is 4.12. The minimum absolute atomic E-state index is 0.340. The SMILES string of the molecule is C=CC(=O)OCCN(C(C)CC)C(C)CC. The Morgan fingerprint density at radius 2 is 1.81 bits per heavy atom. The molecule has 0 aromatic rings. The van der Waals surface area contributed by atoms with E-state index < -0.39 is 0 Å². The highest BCUT2D eigenvalue weighted by atomic mass is 16.5. The summed E-state index contributed by atoms with van der Waals surface area (Å²) in [6.45, 7) is 13.4. The van der Waals surface area contributed by atoms with Crippen LogP contribution in [0.25, 0.3) is 0 Å².